The van der Waals surface area contributed by atoms with Crippen molar-refractivity contribution in [2.24, 2.45) is 0 Å². The van der Waals surface area contributed by atoms with Crippen molar-refractivity contribution >= 4 is 16.2 Å². The summed E-state index contributed by atoms with van der Waals surface area (Å²) in [6.45, 7) is 0.769. The van der Waals surface area contributed by atoms with Crippen molar-refractivity contribution < 1.29 is 25.2 Å². The Bertz CT molecular complexity index is 427. The van der Waals surface area contributed by atoms with Crippen LogP contribution in [0.25, 0.3) is 0 Å². The van der Waals surface area contributed by atoms with Crippen molar-refractivity contribution in [3.05, 3.63) is 12.4 Å². The molecule has 0 aromatic carbocycles. The zero-order valence-corrected chi connectivity index (χ0v) is 14.7. The fraction of sp³-hybridized carbons (Fsp3) is 0.750. The quantitative estimate of drug-likeness (QED) is 0.580. The molecule has 0 saturated heterocycles. The molecule has 22 heavy (non-hydrogen) atoms. The van der Waals surface area contributed by atoms with Gasteiger partial charge in [-0.05, 0) is 0 Å². The fourth-order valence-corrected chi connectivity index (χ4v) is 4.11. The van der Waals surface area contributed by atoms with Gasteiger partial charge in [0.2, 0.25) is 8.37 Å². The Balaban J connectivity index is 0.000000534. The summed E-state index contributed by atoms with van der Waals surface area (Å²) >= 11 is 0. The molecule has 0 radical (unpaired) electrons. The van der Waals surface area contributed by atoms with E-state index in [1.54, 1.807) is 6.20 Å². The molecule has 1 heterocycles. The molecule has 1 aromatic rings. The molecular formula is C8H20F6N6P2. The predicted octanol–water partition coefficient (Wildman–Crippen LogP) is 3.63. The molecule has 0 amide bonds. The van der Waals surface area contributed by atoms with Crippen LogP contribution >= 0.6 is 16.2 Å². The summed E-state index contributed by atoms with van der Waals surface area (Å²) in [7, 11) is -0.958. The van der Waals surface area contributed by atoms with Gasteiger partial charge < -0.3 is 0 Å². The van der Waals surface area contributed by atoms with Crippen LogP contribution in [0.2, 0.25) is 0 Å². The zero-order valence-electron chi connectivity index (χ0n) is 12.8. The van der Waals surface area contributed by atoms with Crippen molar-refractivity contribution in [3.8, 4) is 0 Å². The van der Waals surface area contributed by atoms with E-state index in [1.165, 1.54) is 0 Å². The maximum atomic E-state index is 9.87. The first-order valence-electron chi connectivity index (χ1n) is 5.80. The second-order valence-corrected chi connectivity index (χ2v) is 9.90. The topological polar surface area (TPSA) is 40.4 Å². The van der Waals surface area contributed by atoms with Gasteiger partial charge in [-0.2, -0.15) is 9.34 Å². The first kappa shape index (κ1) is 21.5. The van der Waals surface area contributed by atoms with Gasteiger partial charge in [-0.25, -0.2) is 4.68 Å². The third-order valence-electron chi connectivity index (χ3n) is 1.97. The van der Waals surface area contributed by atoms with E-state index in [0.717, 1.165) is 6.67 Å². The molecule has 0 saturated carbocycles. The van der Waals surface area contributed by atoms with Crippen LogP contribution in [0.4, 0.5) is 25.2 Å². The summed E-state index contributed by atoms with van der Waals surface area (Å²) in [5, 5.41) is 7.76. The van der Waals surface area contributed by atoms with Gasteiger partial charge in [0.1, 0.15) is 6.67 Å². The Kier molecular flexibility index (Phi) is 6.36. The summed E-state index contributed by atoms with van der Waals surface area (Å²) in [5.41, 5.74) is 0. The zero-order chi connectivity index (χ0) is 17.8. The van der Waals surface area contributed by atoms with E-state index in [1.807, 2.05) is 10.9 Å². The Labute approximate surface area is 125 Å². The van der Waals surface area contributed by atoms with Crippen molar-refractivity contribution in [1.29, 1.82) is 0 Å². The van der Waals surface area contributed by atoms with Crippen LogP contribution in [0.15, 0.2) is 12.4 Å². The SMILES string of the molecule is CN(C)[PH+](N(C)C)N(C)Cn1ccnn1.F[P-](F)(F)(F)(F)F. The van der Waals surface area contributed by atoms with Gasteiger partial charge in [0, 0.05) is 41.4 Å². The molecule has 0 aliphatic heterocycles. The number of hydrogen-bond donors (Lipinski definition) is 0. The Morgan fingerprint density at radius 2 is 1.36 bits per heavy atom. The molecular weight excluding hydrogens is 356 g/mol. The summed E-state index contributed by atoms with van der Waals surface area (Å²) in [5.74, 6) is 0. The van der Waals surface area contributed by atoms with Gasteiger partial charge in [0.05, 0.1) is 6.20 Å². The van der Waals surface area contributed by atoms with Crippen molar-refractivity contribution in [2.75, 3.05) is 35.2 Å². The minimum absolute atomic E-state index is 0.769. The molecule has 0 fully saturated rings. The van der Waals surface area contributed by atoms with E-state index in [-0.39, 0.29) is 0 Å². The van der Waals surface area contributed by atoms with Crippen LogP contribution < -0.4 is 0 Å². The van der Waals surface area contributed by atoms with E-state index in [2.05, 4.69) is 59.6 Å². The van der Waals surface area contributed by atoms with Gasteiger partial charge in [0.15, 0.2) is 0 Å². The Morgan fingerprint density at radius 3 is 1.64 bits per heavy atom. The van der Waals surface area contributed by atoms with Crippen LogP contribution in [0.1, 0.15) is 0 Å². The third-order valence-corrected chi connectivity index (χ3v) is 4.39. The predicted molar refractivity (Wildman–Crippen MR) is 77.0 cm³/mol. The number of aromatic nitrogens is 3. The van der Waals surface area contributed by atoms with Crippen molar-refractivity contribution in [2.45, 2.75) is 6.67 Å². The van der Waals surface area contributed by atoms with Gasteiger partial charge in [0.25, 0.3) is 0 Å². The molecule has 1 rings (SSSR count). The molecule has 14 heteroatoms. The summed E-state index contributed by atoms with van der Waals surface area (Å²) in [6.07, 6.45) is 3.58. The summed E-state index contributed by atoms with van der Waals surface area (Å²) < 4.78 is 67.8. The Hall–Kier alpha value is -0.540. The van der Waals surface area contributed by atoms with Crippen molar-refractivity contribution in [3.63, 3.8) is 0 Å². The second kappa shape index (κ2) is 6.52. The monoisotopic (exact) mass is 376 g/mol. The van der Waals surface area contributed by atoms with E-state index < -0.39 is 16.2 Å². The molecule has 0 spiro atoms. The molecule has 0 atom stereocenters. The Morgan fingerprint density at radius 1 is 0.955 bits per heavy atom. The van der Waals surface area contributed by atoms with E-state index >= 15 is 0 Å². The van der Waals surface area contributed by atoms with Crippen LogP contribution in [-0.2, 0) is 6.67 Å². The molecule has 0 N–H and O–H groups in total. The molecule has 0 bridgehead atoms. The summed E-state index contributed by atoms with van der Waals surface area (Å²) in [4.78, 5) is 0. The van der Waals surface area contributed by atoms with Crippen LogP contribution in [0.5, 0.6) is 0 Å². The molecule has 1 aromatic heterocycles. The normalized spacial score (nSPS) is 15.8. The van der Waals surface area contributed by atoms with Crippen LogP contribution in [0.3, 0.4) is 0 Å². The number of halogens is 6. The van der Waals surface area contributed by atoms with Gasteiger partial charge in [-0.1, -0.05) is 5.21 Å². The maximum absolute atomic E-state index is 10.7. The first-order valence-corrected chi connectivity index (χ1v) is 9.17. The fourth-order valence-electron chi connectivity index (χ4n) is 1.67. The van der Waals surface area contributed by atoms with Gasteiger partial charge >= 0.3 is 33.0 Å². The van der Waals surface area contributed by atoms with E-state index in [4.69, 9.17) is 0 Å². The average Bonchev–Trinajstić information content (AvgIpc) is 2.63. The number of rotatable bonds is 5. The second-order valence-electron chi connectivity index (χ2n) is 4.83. The molecule has 0 aliphatic rings. The first-order chi connectivity index (χ1) is 9.47. The molecule has 0 unspecified atom stereocenters. The molecule has 0 aliphatic carbocycles. The summed E-state index contributed by atoms with van der Waals surface area (Å²) in [6, 6.07) is 0. The average molecular weight is 376 g/mol. The van der Waals surface area contributed by atoms with E-state index in [0.29, 0.717) is 0 Å². The van der Waals surface area contributed by atoms with Crippen LogP contribution in [0, 0.1) is 0 Å². The van der Waals surface area contributed by atoms with Gasteiger partial charge in [-0.3, -0.25) is 0 Å². The number of nitrogens with zero attached hydrogens (tertiary/aromatic N) is 6. The standard InChI is InChI=1S/C8H19N6P.F6P/c1-11(2)15(12(3)4)13(5)8-14-7-6-9-10-14;1-7(2,3,4,5)6/h6-7H,8H2,1-5H3;/q;-1/p+1. The van der Waals surface area contributed by atoms with Gasteiger partial charge in [-0.15, -0.1) is 9.77 Å². The number of hydrogen-bond acceptors (Lipinski definition) is 5. The molecule has 6 nitrogen and oxygen atoms in total. The van der Waals surface area contributed by atoms with Crippen LogP contribution in [-0.4, -0.2) is 64.2 Å². The minimum atomic E-state index is -10.7. The molecule has 134 valence electrons. The van der Waals surface area contributed by atoms with E-state index in [9.17, 15) is 25.2 Å². The third kappa shape index (κ3) is 13.1. The van der Waals surface area contributed by atoms with Crippen molar-refractivity contribution in [1.82, 2.24) is 29.0 Å².